The van der Waals surface area contributed by atoms with E-state index in [0.29, 0.717) is 0 Å². The van der Waals surface area contributed by atoms with Gasteiger partial charge in [0.25, 0.3) is 5.91 Å². The van der Waals surface area contributed by atoms with Crippen LogP contribution in [0, 0.1) is 0 Å². The van der Waals surface area contributed by atoms with Gasteiger partial charge in [-0.3, -0.25) is 4.79 Å². The first-order valence-electron chi connectivity index (χ1n) is 6.83. The summed E-state index contributed by atoms with van der Waals surface area (Å²) in [6, 6.07) is 0. The number of likely N-dealkylation sites (tertiary alicyclic amines) is 1. The molecule has 3 rings (SSSR count). The Labute approximate surface area is 115 Å². The molecule has 6 nitrogen and oxygen atoms in total. The monoisotopic (exact) mass is 280 g/mol. The third-order valence-electron chi connectivity index (χ3n) is 3.91. The Kier molecular flexibility index (Phi) is 3.29. The zero-order valence-electron chi connectivity index (χ0n) is 11.0. The van der Waals surface area contributed by atoms with Crippen molar-refractivity contribution in [1.82, 2.24) is 14.9 Å². The van der Waals surface area contributed by atoms with Gasteiger partial charge in [0.1, 0.15) is 18.0 Å². The molecule has 1 aromatic rings. The topological polar surface area (TPSA) is 92.3 Å². The number of hydrogen-bond donors (Lipinski definition) is 2. The molecule has 1 aliphatic heterocycles. The maximum atomic E-state index is 13.4. The minimum atomic E-state index is -1.39. The Morgan fingerprint density at radius 2 is 2.05 bits per heavy atom. The summed E-state index contributed by atoms with van der Waals surface area (Å²) in [7, 11) is 0. The van der Waals surface area contributed by atoms with Gasteiger partial charge in [-0.2, -0.15) is 0 Å². The van der Waals surface area contributed by atoms with Crippen molar-refractivity contribution in [2.45, 2.75) is 38.0 Å². The van der Waals surface area contributed by atoms with E-state index >= 15 is 0 Å². The van der Waals surface area contributed by atoms with Crippen molar-refractivity contribution >= 4 is 11.9 Å². The number of nitrogen functional groups attached to an aromatic ring is 1. The second-order valence-corrected chi connectivity index (χ2v) is 5.36. The number of β-amino-alcohol motifs (C(OH)–C–C–N with tert-alkyl or cyclic N) is 1. The van der Waals surface area contributed by atoms with E-state index in [1.165, 1.54) is 4.90 Å². The van der Waals surface area contributed by atoms with Gasteiger partial charge in [-0.05, 0) is 25.7 Å². The smallest absolute Gasteiger partial charge is 0.273 e. The molecule has 2 atom stereocenters. The molecule has 0 saturated carbocycles. The fourth-order valence-corrected chi connectivity index (χ4v) is 2.85. The van der Waals surface area contributed by atoms with Gasteiger partial charge in [0.05, 0.1) is 6.54 Å². The molecule has 1 aromatic heterocycles. The van der Waals surface area contributed by atoms with E-state index in [-0.39, 0.29) is 30.6 Å². The second kappa shape index (κ2) is 4.97. The molecular weight excluding hydrogens is 263 g/mol. The number of hydrogen-bond acceptors (Lipinski definition) is 5. The number of aromatic nitrogens is 2. The van der Waals surface area contributed by atoms with Crippen LogP contribution in [0.1, 0.15) is 34.6 Å². The van der Waals surface area contributed by atoms with Crippen LogP contribution < -0.4 is 5.73 Å². The summed E-state index contributed by atoms with van der Waals surface area (Å²) in [5.41, 5.74) is 7.58. The van der Waals surface area contributed by atoms with Gasteiger partial charge in [-0.1, -0.05) is 0 Å². The number of alkyl halides is 1. The number of anilines is 1. The summed E-state index contributed by atoms with van der Waals surface area (Å²) in [6.07, 6.45) is 1.02. The predicted octanol–water partition coefficient (Wildman–Crippen LogP) is 0.0924. The minimum Gasteiger partial charge on any atom is -0.388 e. The highest BCUT2D eigenvalue weighted by Crippen LogP contribution is 2.25. The first kappa shape index (κ1) is 13.2. The molecule has 3 N–H and O–H groups in total. The molecule has 0 spiro atoms. The number of halogens is 1. The van der Waals surface area contributed by atoms with Gasteiger partial charge in [0, 0.05) is 17.8 Å². The number of carbonyl (C=O) groups excluding carboxylic acids is 1. The van der Waals surface area contributed by atoms with Gasteiger partial charge >= 0.3 is 0 Å². The van der Waals surface area contributed by atoms with E-state index in [2.05, 4.69) is 9.97 Å². The molecule has 0 radical (unpaired) electrons. The molecule has 0 bridgehead atoms. The summed E-state index contributed by atoms with van der Waals surface area (Å²) in [6.45, 7) is -0.0998. The normalized spacial score (nSPS) is 25.6. The molecule has 7 heteroatoms. The fraction of sp³-hybridized carbons (Fsp3) is 0.615. The maximum absolute atomic E-state index is 13.4. The molecule has 2 aliphatic rings. The van der Waals surface area contributed by atoms with Gasteiger partial charge in [-0.25, -0.2) is 14.4 Å². The number of carbonyl (C=O) groups is 1. The van der Waals surface area contributed by atoms with Crippen LogP contribution in [0.2, 0.25) is 0 Å². The zero-order valence-corrected chi connectivity index (χ0v) is 11.0. The van der Waals surface area contributed by atoms with Crippen molar-refractivity contribution in [1.29, 1.82) is 0 Å². The average Bonchev–Trinajstić information content (AvgIpc) is 2.77. The third kappa shape index (κ3) is 2.22. The van der Waals surface area contributed by atoms with Crippen LogP contribution >= 0.6 is 0 Å². The molecule has 1 aliphatic carbocycles. The third-order valence-corrected chi connectivity index (χ3v) is 3.91. The van der Waals surface area contributed by atoms with Crippen LogP contribution in [0.3, 0.4) is 0 Å². The Morgan fingerprint density at radius 3 is 2.75 bits per heavy atom. The molecule has 1 saturated heterocycles. The van der Waals surface area contributed by atoms with E-state index < -0.39 is 12.3 Å². The minimum absolute atomic E-state index is 0.00131. The lowest BCUT2D eigenvalue weighted by Gasteiger charge is -2.21. The summed E-state index contributed by atoms with van der Waals surface area (Å²) in [5.74, 6) is -0.290. The van der Waals surface area contributed by atoms with Crippen molar-refractivity contribution in [2.24, 2.45) is 0 Å². The number of nitrogens with two attached hydrogens (primary N) is 1. The lowest BCUT2D eigenvalue weighted by Crippen LogP contribution is -2.32. The van der Waals surface area contributed by atoms with E-state index in [0.717, 1.165) is 36.9 Å². The molecule has 20 heavy (non-hydrogen) atoms. The first-order chi connectivity index (χ1) is 9.56. The number of aliphatic hydroxyl groups is 1. The Bertz CT molecular complexity index is 541. The van der Waals surface area contributed by atoms with Crippen molar-refractivity contribution in [3.8, 4) is 0 Å². The predicted molar refractivity (Wildman–Crippen MR) is 69.9 cm³/mol. The standard InChI is InChI=1S/C13H17FN4O2/c14-8-5-18(6-10(8)19)12(20)11-7-3-1-2-4-9(7)16-13(15)17-11/h8,10,19H,1-6H2,(H2,15,16,17)/t8-,10-/m1/s1. The van der Waals surface area contributed by atoms with Crippen LogP contribution in [0.15, 0.2) is 0 Å². The molecular formula is C13H17FN4O2. The van der Waals surface area contributed by atoms with Crippen molar-refractivity contribution in [3.63, 3.8) is 0 Å². The quantitative estimate of drug-likeness (QED) is 0.760. The molecule has 1 amide bonds. The van der Waals surface area contributed by atoms with Gasteiger partial charge in [-0.15, -0.1) is 0 Å². The Hall–Kier alpha value is -1.76. The number of aryl methyl sites for hydroxylation is 1. The van der Waals surface area contributed by atoms with E-state index in [4.69, 9.17) is 5.73 Å². The van der Waals surface area contributed by atoms with Crippen LogP contribution in [0.4, 0.5) is 10.3 Å². The highest BCUT2D eigenvalue weighted by atomic mass is 19.1. The SMILES string of the molecule is Nc1nc2c(c(C(=O)N3C[C@@H](O)[C@H](F)C3)n1)CCCC2. The largest absolute Gasteiger partial charge is 0.388 e. The molecule has 1 fully saturated rings. The highest BCUT2D eigenvalue weighted by molar-refractivity contribution is 5.94. The van der Waals surface area contributed by atoms with E-state index in [1.807, 2.05) is 0 Å². The van der Waals surface area contributed by atoms with Crippen LogP contribution in [0.25, 0.3) is 0 Å². The van der Waals surface area contributed by atoms with Crippen molar-refractivity contribution in [3.05, 3.63) is 17.0 Å². The molecule has 0 aromatic carbocycles. The summed E-state index contributed by atoms with van der Waals surface area (Å²) >= 11 is 0. The van der Waals surface area contributed by atoms with E-state index in [9.17, 15) is 14.3 Å². The Morgan fingerprint density at radius 1 is 1.30 bits per heavy atom. The Balaban J connectivity index is 1.93. The van der Waals surface area contributed by atoms with Crippen molar-refractivity contribution in [2.75, 3.05) is 18.8 Å². The van der Waals surface area contributed by atoms with Crippen LogP contribution in [-0.2, 0) is 12.8 Å². The fourth-order valence-electron chi connectivity index (χ4n) is 2.85. The summed E-state index contributed by atoms with van der Waals surface area (Å²) in [4.78, 5) is 22.0. The maximum Gasteiger partial charge on any atom is 0.273 e. The number of amides is 1. The first-order valence-corrected chi connectivity index (χ1v) is 6.83. The lowest BCUT2D eigenvalue weighted by atomic mass is 9.94. The zero-order chi connectivity index (χ0) is 14.3. The van der Waals surface area contributed by atoms with Crippen LogP contribution in [0.5, 0.6) is 0 Å². The molecule has 0 unspecified atom stereocenters. The summed E-state index contributed by atoms with van der Waals surface area (Å²) < 4.78 is 13.4. The van der Waals surface area contributed by atoms with Gasteiger partial charge in [0.2, 0.25) is 5.95 Å². The molecule has 2 heterocycles. The second-order valence-electron chi connectivity index (χ2n) is 5.36. The lowest BCUT2D eigenvalue weighted by molar-refractivity contribution is 0.0757. The van der Waals surface area contributed by atoms with Crippen LogP contribution in [-0.4, -0.2) is 51.2 Å². The van der Waals surface area contributed by atoms with Gasteiger partial charge < -0.3 is 15.7 Å². The average molecular weight is 280 g/mol. The number of rotatable bonds is 1. The number of fused-ring (bicyclic) bond motifs is 1. The summed E-state index contributed by atoms with van der Waals surface area (Å²) in [5, 5.41) is 9.43. The van der Waals surface area contributed by atoms with E-state index in [1.54, 1.807) is 0 Å². The van der Waals surface area contributed by atoms with Gasteiger partial charge in [0.15, 0.2) is 0 Å². The number of aliphatic hydroxyl groups excluding tert-OH is 1. The van der Waals surface area contributed by atoms with Crippen molar-refractivity contribution < 1.29 is 14.3 Å². The number of nitrogens with zero attached hydrogens (tertiary/aromatic N) is 3. The molecule has 108 valence electrons. The highest BCUT2D eigenvalue weighted by Gasteiger charge is 2.36.